The second-order valence-electron chi connectivity index (χ2n) is 6.40. The van der Waals surface area contributed by atoms with Crippen LogP contribution in [0, 0.1) is 6.92 Å². The second kappa shape index (κ2) is 6.51. The fourth-order valence-corrected chi connectivity index (χ4v) is 3.76. The standard InChI is InChI=1S/C18H24ClNS/c1-6-20-17(13-8-7-9-14(19)12(13)2)15-10-11-16(21-15)18(3,4)5/h7-11,17,20H,6H2,1-5H3. The lowest BCUT2D eigenvalue weighted by molar-refractivity contribution is 0.604. The molecule has 114 valence electrons. The highest BCUT2D eigenvalue weighted by Gasteiger charge is 2.22. The normalized spacial score (nSPS) is 13.4. The number of rotatable bonds is 4. The van der Waals surface area contributed by atoms with Gasteiger partial charge in [-0.25, -0.2) is 0 Å². The van der Waals surface area contributed by atoms with Crippen LogP contribution in [0.3, 0.4) is 0 Å². The van der Waals surface area contributed by atoms with Crippen LogP contribution in [0.15, 0.2) is 30.3 Å². The molecule has 2 aromatic rings. The molecule has 0 bridgehead atoms. The molecule has 2 rings (SSSR count). The lowest BCUT2D eigenvalue weighted by atomic mass is 9.94. The van der Waals surface area contributed by atoms with Crippen LogP contribution in [0.1, 0.15) is 54.6 Å². The Kier molecular flexibility index (Phi) is 5.13. The molecule has 1 unspecified atom stereocenters. The molecular weight excluding hydrogens is 298 g/mol. The van der Waals surface area contributed by atoms with Gasteiger partial charge in [0.15, 0.2) is 0 Å². The van der Waals surface area contributed by atoms with E-state index in [1.165, 1.54) is 15.3 Å². The Balaban J connectivity index is 2.44. The molecule has 1 N–H and O–H groups in total. The van der Waals surface area contributed by atoms with Crippen LogP contribution in [0.25, 0.3) is 0 Å². The molecular formula is C18H24ClNS. The Bertz CT molecular complexity index is 610. The van der Waals surface area contributed by atoms with E-state index < -0.39 is 0 Å². The average molecular weight is 322 g/mol. The van der Waals surface area contributed by atoms with E-state index in [9.17, 15) is 0 Å². The topological polar surface area (TPSA) is 12.0 Å². The van der Waals surface area contributed by atoms with Crippen molar-refractivity contribution in [1.82, 2.24) is 5.32 Å². The predicted octanol–water partition coefficient (Wildman–Crippen LogP) is 5.71. The number of hydrogen-bond acceptors (Lipinski definition) is 2. The molecule has 1 heterocycles. The third kappa shape index (κ3) is 3.68. The van der Waals surface area contributed by atoms with Gasteiger partial charge >= 0.3 is 0 Å². The quantitative estimate of drug-likeness (QED) is 0.761. The van der Waals surface area contributed by atoms with E-state index in [4.69, 9.17) is 11.6 Å². The van der Waals surface area contributed by atoms with E-state index in [1.54, 1.807) is 0 Å². The summed E-state index contributed by atoms with van der Waals surface area (Å²) in [5.41, 5.74) is 2.63. The molecule has 1 aromatic carbocycles. The van der Waals surface area contributed by atoms with Crippen LogP contribution < -0.4 is 5.32 Å². The molecule has 0 saturated heterocycles. The van der Waals surface area contributed by atoms with Gasteiger partial charge in [-0.1, -0.05) is 51.4 Å². The summed E-state index contributed by atoms with van der Waals surface area (Å²) in [6.45, 7) is 11.9. The third-order valence-electron chi connectivity index (χ3n) is 3.68. The minimum absolute atomic E-state index is 0.197. The number of nitrogens with one attached hydrogen (secondary N) is 1. The van der Waals surface area contributed by atoms with Crippen molar-refractivity contribution in [2.45, 2.75) is 46.1 Å². The van der Waals surface area contributed by atoms with Gasteiger partial charge in [-0.3, -0.25) is 0 Å². The van der Waals surface area contributed by atoms with E-state index in [2.05, 4.69) is 58.1 Å². The van der Waals surface area contributed by atoms with E-state index in [1.807, 2.05) is 23.5 Å². The fraction of sp³-hybridized carbons (Fsp3) is 0.444. The molecule has 0 saturated carbocycles. The Labute approximate surface area is 137 Å². The summed E-state index contributed by atoms with van der Waals surface area (Å²) in [6, 6.07) is 10.9. The summed E-state index contributed by atoms with van der Waals surface area (Å²) < 4.78 is 0. The minimum atomic E-state index is 0.197. The fourth-order valence-electron chi connectivity index (χ4n) is 2.42. The molecule has 0 amide bonds. The second-order valence-corrected chi connectivity index (χ2v) is 7.92. The molecule has 21 heavy (non-hydrogen) atoms. The first-order valence-corrected chi connectivity index (χ1v) is 8.62. The van der Waals surface area contributed by atoms with Gasteiger partial charge in [-0.05, 0) is 48.2 Å². The minimum Gasteiger partial charge on any atom is -0.306 e. The van der Waals surface area contributed by atoms with Crippen molar-refractivity contribution in [3.63, 3.8) is 0 Å². The highest BCUT2D eigenvalue weighted by Crippen LogP contribution is 2.36. The zero-order chi connectivity index (χ0) is 15.6. The molecule has 3 heteroatoms. The summed E-state index contributed by atoms with van der Waals surface area (Å²) in [7, 11) is 0. The number of halogens is 1. The van der Waals surface area contributed by atoms with E-state index in [-0.39, 0.29) is 11.5 Å². The van der Waals surface area contributed by atoms with Gasteiger partial charge in [0.2, 0.25) is 0 Å². The smallest absolute Gasteiger partial charge is 0.0674 e. The van der Waals surface area contributed by atoms with Gasteiger partial charge in [-0.15, -0.1) is 11.3 Å². The van der Waals surface area contributed by atoms with Gasteiger partial charge in [0, 0.05) is 14.8 Å². The molecule has 0 aliphatic heterocycles. The van der Waals surface area contributed by atoms with Crippen LogP contribution in [0.4, 0.5) is 0 Å². The van der Waals surface area contributed by atoms with Gasteiger partial charge in [0.1, 0.15) is 0 Å². The Morgan fingerprint density at radius 3 is 2.48 bits per heavy atom. The SMILES string of the molecule is CCNC(c1ccc(C(C)(C)C)s1)c1cccc(Cl)c1C. The monoisotopic (exact) mass is 321 g/mol. The van der Waals surface area contributed by atoms with Crippen LogP contribution in [-0.4, -0.2) is 6.54 Å². The van der Waals surface area contributed by atoms with Crippen molar-refractivity contribution in [2.24, 2.45) is 0 Å². The zero-order valence-electron chi connectivity index (χ0n) is 13.5. The van der Waals surface area contributed by atoms with Crippen molar-refractivity contribution in [2.75, 3.05) is 6.54 Å². The van der Waals surface area contributed by atoms with Crippen LogP contribution in [0.2, 0.25) is 5.02 Å². The summed E-state index contributed by atoms with van der Waals surface area (Å²) in [6.07, 6.45) is 0. The largest absolute Gasteiger partial charge is 0.306 e. The Hall–Kier alpha value is -0.830. The van der Waals surface area contributed by atoms with Crippen molar-refractivity contribution in [3.05, 3.63) is 56.2 Å². The number of hydrogen-bond donors (Lipinski definition) is 1. The molecule has 0 aliphatic carbocycles. The summed E-state index contributed by atoms with van der Waals surface area (Å²) in [5, 5.41) is 4.44. The van der Waals surface area contributed by atoms with Crippen molar-refractivity contribution in [3.8, 4) is 0 Å². The Morgan fingerprint density at radius 2 is 1.90 bits per heavy atom. The lowest BCUT2D eigenvalue weighted by Crippen LogP contribution is -2.22. The van der Waals surface area contributed by atoms with Crippen LogP contribution in [-0.2, 0) is 5.41 Å². The number of thiophene rings is 1. The van der Waals surface area contributed by atoms with Gasteiger partial charge in [-0.2, -0.15) is 0 Å². The molecule has 0 spiro atoms. The highest BCUT2D eigenvalue weighted by molar-refractivity contribution is 7.12. The molecule has 0 radical (unpaired) electrons. The maximum absolute atomic E-state index is 6.30. The first-order valence-electron chi connectivity index (χ1n) is 7.43. The molecule has 0 aliphatic rings. The first kappa shape index (κ1) is 16.5. The van der Waals surface area contributed by atoms with E-state index in [0.29, 0.717) is 0 Å². The summed E-state index contributed by atoms with van der Waals surface area (Å²) in [4.78, 5) is 2.77. The van der Waals surface area contributed by atoms with Gasteiger partial charge in [0.25, 0.3) is 0 Å². The van der Waals surface area contributed by atoms with Crippen molar-refractivity contribution in [1.29, 1.82) is 0 Å². The van der Waals surface area contributed by atoms with Crippen molar-refractivity contribution >= 4 is 22.9 Å². The summed E-state index contributed by atoms with van der Waals surface area (Å²) in [5.74, 6) is 0. The maximum atomic E-state index is 6.30. The molecule has 0 fully saturated rings. The lowest BCUT2D eigenvalue weighted by Gasteiger charge is -2.20. The average Bonchev–Trinajstić information content (AvgIpc) is 2.89. The van der Waals surface area contributed by atoms with E-state index in [0.717, 1.165) is 17.1 Å². The van der Waals surface area contributed by atoms with Crippen LogP contribution >= 0.6 is 22.9 Å². The number of benzene rings is 1. The predicted molar refractivity (Wildman–Crippen MR) is 94.7 cm³/mol. The maximum Gasteiger partial charge on any atom is 0.0674 e. The zero-order valence-corrected chi connectivity index (χ0v) is 15.0. The molecule has 1 aromatic heterocycles. The molecule has 1 nitrogen and oxygen atoms in total. The first-order chi connectivity index (χ1) is 9.84. The van der Waals surface area contributed by atoms with E-state index >= 15 is 0 Å². The Morgan fingerprint density at radius 1 is 1.19 bits per heavy atom. The summed E-state index contributed by atoms with van der Waals surface area (Å²) >= 11 is 8.19. The highest BCUT2D eigenvalue weighted by atomic mass is 35.5. The van der Waals surface area contributed by atoms with Crippen molar-refractivity contribution < 1.29 is 0 Å². The third-order valence-corrected chi connectivity index (χ3v) is 5.66. The molecule has 1 atom stereocenters. The van der Waals surface area contributed by atoms with Gasteiger partial charge < -0.3 is 5.32 Å². The van der Waals surface area contributed by atoms with Crippen LogP contribution in [0.5, 0.6) is 0 Å². The van der Waals surface area contributed by atoms with Gasteiger partial charge in [0.05, 0.1) is 6.04 Å².